The molecule has 2 aromatic rings. The van der Waals surface area contributed by atoms with Crippen molar-refractivity contribution in [1.82, 2.24) is 0 Å². The fourth-order valence-corrected chi connectivity index (χ4v) is 2.03. The summed E-state index contributed by atoms with van der Waals surface area (Å²) in [6.07, 6.45) is 1.25. The van der Waals surface area contributed by atoms with E-state index in [1.54, 1.807) is 24.3 Å². The number of hydrogen-bond acceptors (Lipinski definition) is 6. The van der Waals surface area contributed by atoms with Crippen LogP contribution in [0.3, 0.4) is 0 Å². The molecule has 0 atom stereocenters. The lowest BCUT2D eigenvalue weighted by Gasteiger charge is -1.99. The van der Waals surface area contributed by atoms with E-state index in [1.165, 1.54) is 18.2 Å². The first kappa shape index (κ1) is 14.5. The molecular formula is C16H10N2O5. The first-order valence-corrected chi connectivity index (χ1v) is 6.60. The Kier molecular flexibility index (Phi) is 3.60. The van der Waals surface area contributed by atoms with Crippen LogP contribution in [0.4, 0.5) is 5.69 Å². The molecule has 0 fully saturated rings. The molecule has 0 bridgehead atoms. The van der Waals surface area contributed by atoms with Crippen LogP contribution in [0, 0.1) is 10.1 Å². The largest absolute Gasteiger partial charge is 0.507 e. The van der Waals surface area contributed by atoms with E-state index in [2.05, 4.69) is 4.99 Å². The summed E-state index contributed by atoms with van der Waals surface area (Å²) in [7, 11) is 0. The van der Waals surface area contributed by atoms with Crippen molar-refractivity contribution < 1.29 is 19.6 Å². The lowest BCUT2D eigenvalue weighted by molar-refractivity contribution is -0.384. The summed E-state index contributed by atoms with van der Waals surface area (Å²) >= 11 is 0. The second-order valence-corrected chi connectivity index (χ2v) is 4.70. The highest BCUT2D eigenvalue weighted by Crippen LogP contribution is 2.27. The highest BCUT2D eigenvalue weighted by atomic mass is 16.6. The third kappa shape index (κ3) is 2.93. The molecular weight excluding hydrogens is 300 g/mol. The zero-order chi connectivity index (χ0) is 16.4. The number of esters is 1. The van der Waals surface area contributed by atoms with Gasteiger partial charge in [0, 0.05) is 23.3 Å². The molecule has 1 aliphatic heterocycles. The van der Waals surface area contributed by atoms with Gasteiger partial charge in [0.2, 0.25) is 5.90 Å². The first-order valence-electron chi connectivity index (χ1n) is 6.60. The quantitative estimate of drug-likeness (QED) is 0.406. The zero-order valence-corrected chi connectivity index (χ0v) is 11.7. The summed E-state index contributed by atoms with van der Waals surface area (Å²) in [5.74, 6) is -0.735. The number of ether oxygens (including phenoxy) is 1. The molecule has 1 aliphatic rings. The van der Waals surface area contributed by atoms with Crippen molar-refractivity contribution in [3.63, 3.8) is 0 Å². The molecule has 0 unspecified atom stereocenters. The molecule has 0 saturated carbocycles. The summed E-state index contributed by atoms with van der Waals surface area (Å²) in [6.45, 7) is 0. The van der Waals surface area contributed by atoms with Gasteiger partial charge in [-0.1, -0.05) is 18.2 Å². The Balaban J connectivity index is 2.00. The van der Waals surface area contributed by atoms with Crippen molar-refractivity contribution in [3.05, 3.63) is 75.5 Å². The molecule has 0 amide bonds. The van der Waals surface area contributed by atoms with Crippen LogP contribution in [0.15, 0.2) is 59.2 Å². The number of aromatic hydroxyl groups is 1. The smallest absolute Gasteiger partial charge is 0.363 e. The molecule has 1 heterocycles. The van der Waals surface area contributed by atoms with Gasteiger partial charge in [-0.25, -0.2) is 9.79 Å². The number of nitro groups is 1. The van der Waals surface area contributed by atoms with Crippen LogP contribution in [0.5, 0.6) is 5.75 Å². The van der Waals surface area contributed by atoms with Gasteiger partial charge < -0.3 is 9.84 Å². The number of hydrogen-bond donors (Lipinski definition) is 1. The molecule has 0 saturated heterocycles. The Labute approximate surface area is 130 Å². The number of nitrogens with zero attached hydrogens (tertiary/aromatic N) is 2. The van der Waals surface area contributed by atoms with Gasteiger partial charge in [0.1, 0.15) is 5.75 Å². The fourth-order valence-electron chi connectivity index (χ4n) is 2.03. The molecule has 3 rings (SSSR count). The van der Waals surface area contributed by atoms with E-state index in [1.807, 2.05) is 6.07 Å². The molecule has 7 heteroatoms. The van der Waals surface area contributed by atoms with Crippen molar-refractivity contribution in [2.24, 2.45) is 4.99 Å². The van der Waals surface area contributed by atoms with Crippen LogP contribution >= 0.6 is 0 Å². The lowest BCUT2D eigenvalue weighted by Crippen LogP contribution is -2.04. The predicted octanol–water partition coefficient (Wildman–Crippen LogP) is 2.64. The van der Waals surface area contributed by atoms with E-state index in [9.17, 15) is 20.0 Å². The first-order chi connectivity index (χ1) is 11.0. The SMILES string of the molecule is O=C1OC(c2ccccc2)=N/C1=C\c1cc([N+](=O)[O-])ccc1O. The third-order valence-electron chi connectivity index (χ3n) is 3.16. The minimum Gasteiger partial charge on any atom is -0.507 e. The van der Waals surface area contributed by atoms with Crippen LogP contribution < -0.4 is 0 Å². The van der Waals surface area contributed by atoms with Gasteiger partial charge in [-0.3, -0.25) is 10.1 Å². The van der Waals surface area contributed by atoms with E-state index >= 15 is 0 Å². The molecule has 7 nitrogen and oxygen atoms in total. The number of carbonyl (C=O) groups is 1. The average Bonchev–Trinajstić information content (AvgIpc) is 2.91. The number of aliphatic imine (C=N–C) groups is 1. The molecule has 0 spiro atoms. The second-order valence-electron chi connectivity index (χ2n) is 4.70. The Morgan fingerprint density at radius 2 is 1.91 bits per heavy atom. The predicted molar refractivity (Wildman–Crippen MR) is 81.8 cm³/mol. The number of cyclic esters (lactones) is 1. The van der Waals surface area contributed by atoms with Crippen molar-refractivity contribution in [1.29, 1.82) is 0 Å². The van der Waals surface area contributed by atoms with Crippen LogP contribution in [0.1, 0.15) is 11.1 Å². The number of nitro benzene ring substituents is 1. The molecule has 2 aromatic carbocycles. The molecule has 23 heavy (non-hydrogen) atoms. The molecule has 0 aromatic heterocycles. The van der Waals surface area contributed by atoms with Gasteiger partial charge in [-0.05, 0) is 24.3 Å². The number of non-ortho nitro benzene ring substituents is 1. The van der Waals surface area contributed by atoms with Crippen LogP contribution in [0.25, 0.3) is 6.08 Å². The van der Waals surface area contributed by atoms with Crippen LogP contribution in [-0.4, -0.2) is 21.9 Å². The Morgan fingerprint density at radius 1 is 1.17 bits per heavy atom. The molecule has 0 aliphatic carbocycles. The summed E-state index contributed by atoms with van der Waals surface area (Å²) in [6, 6.07) is 12.4. The van der Waals surface area contributed by atoms with E-state index in [0.29, 0.717) is 5.56 Å². The Hall–Kier alpha value is -3.48. The van der Waals surface area contributed by atoms with E-state index in [4.69, 9.17) is 4.74 Å². The van der Waals surface area contributed by atoms with Crippen LogP contribution in [-0.2, 0) is 9.53 Å². The van der Waals surface area contributed by atoms with Gasteiger partial charge in [0.25, 0.3) is 5.69 Å². The number of phenols is 1. The number of carbonyl (C=O) groups excluding carboxylic acids is 1. The van der Waals surface area contributed by atoms with Crippen molar-refractivity contribution >= 4 is 23.6 Å². The Bertz CT molecular complexity index is 856. The maximum absolute atomic E-state index is 11.9. The van der Waals surface area contributed by atoms with Crippen molar-refractivity contribution in [2.75, 3.05) is 0 Å². The van der Waals surface area contributed by atoms with E-state index < -0.39 is 10.9 Å². The highest BCUT2D eigenvalue weighted by molar-refractivity contribution is 6.12. The number of benzene rings is 2. The monoisotopic (exact) mass is 310 g/mol. The topological polar surface area (TPSA) is 102 Å². The minimum atomic E-state index is -0.685. The summed E-state index contributed by atoms with van der Waals surface area (Å²) in [5, 5.41) is 20.6. The summed E-state index contributed by atoms with van der Waals surface area (Å²) in [4.78, 5) is 26.1. The fraction of sp³-hybridized carbons (Fsp3) is 0. The van der Waals surface area contributed by atoms with E-state index in [-0.39, 0.29) is 28.6 Å². The maximum atomic E-state index is 11.9. The zero-order valence-electron chi connectivity index (χ0n) is 11.7. The number of rotatable bonds is 3. The van der Waals surface area contributed by atoms with Crippen molar-refractivity contribution in [2.45, 2.75) is 0 Å². The van der Waals surface area contributed by atoms with Gasteiger partial charge in [0.15, 0.2) is 5.70 Å². The molecule has 0 radical (unpaired) electrons. The maximum Gasteiger partial charge on any atom is 0.363 e. The lowest BCUT2D eigenvalue weighted by atomic mass is 10.1. The minimum absolute atomic E-state index is 0.0420. The van der Waals surface area contributed by atoms with Gasteiger partial charge in [-0.2, -0.15) is 0 Å². The summed E-state index contributed by atoms with van der Waals surface area (Å²) in [5.41, 5.74) is 0.504. The molecule has 1 N–H and O–H groups in total. The molecule has 114 valence electrons. The normalized spacial score (nSPS) is 15.4. The second kappa shape index (κ2) is 5.72. The Morgan fingerprint density at radius 3 is 2.61 bits per heavy atom. The van der Waals surface area contributed by atoms with Crippen LogP contribution in [0.2, 0.25) is 0 Å². The van der Waals surface area contributed by atoms with Gasteiger partial charge in [-0.15, -0.1) is 0 Å². The number of phenolic OH excluding ortho intramolecular Hbond substituents is 1. The summed E-state index contributed by atoms with van der Waals surface area (Å²) < 4.78 is 5.08. The highest BCUT2D eigenvalue weighted by Gasteiger charge is 2.24. The standard InChI is InChI=1S/C16H10N2O5/c19-14-7-6-12(18(21)22)8-11(14)9-13-16(20)23-15(17-13)10-4-2-1-3-5-10/h1-9,19H/b13-9-. The van der Waals surface area contributed by atoms with Gasteiger partial charge in [0.05, 0.1) is 4.92 Å². The third-order valence-corrected chi connectivity index (χ3v) is 3.16. The average molecular weight is 310 g/mol. The van der Waals surface area contributed by atoms with E-state index in [0.717, 1.165) is 6.07 Å². The van der Waals surface area contributed by atoms with Crippen molar-refractivity contribution in [3.8, 4) is 5.75 Å². The van der Waals surface area contributed by atoms with Gasteiger partial charge >= 0.3 is 5.97 Å².